The van der Waals surface area contributed by atoms with E-state index in [2.05, 4.69) is 25.5 Å². The van der Waals surface area contributed by atoms with Crippen LogP contribution >= 0.6 is 0 Å². The standard InChI is InChI=1S/C21H22F2N6O2/c1-29(15-7-17-21(22,23)8-14(26-17)19(15)31-2)18-10-25-20(28-27-18)13-5-11-3-4-24-9-12(11)6-16(13)30/h3-6,9-10,14-15,17,19,26,30H,7-8H2,1-2H3/t14?,15-,17?,19-/m0/s1. The van der Waals surface area contributed by atoms with Crippen molar-refractivity contribution < 1.29 is 18.6 Å². The van der Waals surface area contributed by atoms with E-state index >= 15 is 0 Å². The van der Waals surface area contributed by atoms with Gasteiger partial charge in [0.2, 0.25) is 0 Å². The third-order valence-electron chi connectivity index (χ3n) is 6.35. The van der Waals surface area contributed by atoms with E-state index in [1.54, 1.807) is 36.5 Å². The first kappa shape index (κ1) is 20.0. The van der Waals surface area contributed by atoms with Gasteiger partial charge >= 0.3 is 0 Å². The first-order chi connectivity index (χ1) is 14.9. The number of phenolic OH excluding ortho intramolecular Hbond substituents is 1. The molecular weight excluding hydrogens is 406 g/mol. The summed E-state index contributed by atoms with van der Waals surface area (Å²) in [7, 11) is 3.32. The van der Waals surface area contributed by atoms with Crippen LogP contribution in [0.5, 0.6) is 5.75 Å². The van der Waals surface area contributed by atoms with E-state index in [0.29, 0.717) is 11.4 Å². The maximum Gasteiger partial charge on any atom is 0.264 e. The second-order valence-electron chi connectivity index (χ2n) is 8.14. The Hall–Kier alpha value is -2.98. The highest BCUT2D eigenvalue weighted by Gasteiger charge is 2.57. The Bertz CT molecular complexity index is 1110. The van der Waals surface area contributed by atoms with Crippen LogP contribution in [0, 0.1) is 0 Å². The molecule has 2 unspecified atom stereocenters. The Morgan fingerprint density at radius 2 is 2.06 bits per heavy atom. The predicted octanol–water partition coefficient (Wildman–Crippen LogP) is 2.38. The van der Waals surface area contributed by atoms with Crippen LogP contribution in [0.1, 0.15) is 12.8 Å². The van der Waals surface area contributed by atoms with Crippen LogP contribution in [0.15, 0.2) is 36.8 Å². The molecule has 0 saturated carbocycles. The van der Waals surface area contributed by atoms with Crippen molar-refractivity contribution in [3.05, 3.63) is 36.8 Å². The minimum Gasteiger partial charge on any atom is -0.507 e. The zero-order chi connectivity index (χ0) is 21.8. The van der Waals surface area contributed by atoms with Crippen LogP contribution in [0.25, 0.3) is 22.2 Å². The van der Waals surface area contributed by atoms with Crippen molar-refractivity contribution in [2.75, 3.05) is 19.1 Å². The van der Waals surface area contributed by atoms with E-state index in [4.69, 9.17) is 4.74 Å². The van der Waals surface area contributed by atoms with Crippen molar-refractivity contribution in [3.63, 3.8) is 0 Å². The average Bonchev–Trinajstić information content (AvgIpc) is 3.01. The molecule has 0 radical (unpaired) electrons. The lowest BCUT2D eigenvalue weighted by atomic mass is 9.95. The zero-order valence-electron chi connectivity index (χ0n) is 17.0. The molecule has 3 aromatic rings. The first-order valence-electron chi connectivity index (χ1n) is 10.0. The Balaban J connectivity index is 1.42. The number of nitrogens with zero attached hydrogens (tertiary/aromatic N) is 5. The molecule has 8 nitrogen and oxygen atoms in total. The third-order valence-corrected chi connectivity index (χ3v) is 6.35. The van der Waals surface area contributed by atoms with Gasteiger partial charge in [-0.05, 0) is 30.0 Å². The lowest BCUT2D eigenvalue weighted by Crippen LogP contribution is -2.59. The number of likely N-dealkylation sites (N-methyl/N-ethyl adjacent to an activating group) is 1. The largest absolute Gasteiger partial charge is 0.507 e. The molecule has 162 valence electrons. The second kappa shape index (κ2) is 7.31. The molecule has 0 aliphatic carbocycles. The molecule has 2 saturated heterocycles. The number of halogens is 2. The number of ether oxygens (including phenoxy) is 1. The van der Waals surface area contributed by atoms with E-state index in [0.717, 1.165) is 10.8 Å². The number of alkyl halides is 2. The minimum atomic E-state index is -2.76. The van der Waals surface area contributed by atoms with Gasteiger partial charge < -0.3 is 20.1 Å². The summed E-state index contributed by atoms with van der Waals surface area (Å²) in [5, 5.41) is 23.5. The molecule has 1 aromatic carbocycles. The van der Waals surface area contributed by atoms with Crippen LogP contribution in [0.4, 0.5) is 14.6 Å². The van der Waals surface area contributed by atoms with Gasteiger partial charge in [0.05, 0.1) is 29.9 Å². The van der Waals surface area contributed by atoms with Gasteiger partial charge in [-0.3, -0.25) is 4.98 Å². The molecule has 2 bridgehead atoms. The lowest BCUT2D eigenvalue weighted by Gasteiger charge is -2.41. The van der Waals surface area contributed by atoms with Gasteiger partial charge in [0.15, 0.2) is 11.6 Å². The molecule has 0 amide bonds. The third kappa shape index (κ3) is 3.35. The molecule has 0 spiro atoms. The fourth-order valence-electron chi connectivity index (χ4n) is 4.70. The van der Waals surface area contributed by atoms with Crippen LogP contribution in [-0.2, 0) is 4.74 Å². The first-order valence-corrected chi connectivity index (χ1v) is 10.0. The number of rotatable bonds is 4. The molecule has 2 aliphatic rings. The Morgan fingerprint density at radius 3 is 2.81 bits per heavy atom. The van der Waals surface area contributed by atoms with Crippen LogP contribution in [0.2, 0.25) is 0 Å². The van der Waals surface area contributed by atoms with Crippen molar-refractivity contribution in [3.8, 4) is 17.1 Å². The molecule has 10 heteroatoms. The number of aromatic hydroxyl groups is 1. The highest BCUT2D eigenvalue weighted by Crippen LogP contribution is 2.41. The maximum atomic E-state index is 14.2. The van der Waals surface area contributed by atoms with Gasteiger partial charge in [-0.25, -0.2) is 13.8 Å². The minimum absolute atomic E-state index is 0.0278. The van der Waals surface area contributed by atoms with Gasteiger partial charge in [0.1, 0.15) is 5.75 Å². The van der Waals surface area contributed by atoms with Crippen molar-refractivity contribution in [2.45, 2.75) is 43.0 Å². The monoisotopic (exact) mass is 428 g/mol. The Morgan fingerprint density at radius 1 is 1.23 bits per heavy atom. The van der Waals surface area contributed by atoms with Crippen LogP contribution < -0.4 is 10.2 Å². The van der Waals surface area contributed by atoms with Crippen molar-refractivity contribution in [1.82, 2.24) is 25.5 Å². The number of nitrogens with one attached hydrogen (secondary N) is 1. The van der Waals surface area contributed by atoms with Gasteiger partial charge in [0, 0.05) is 44.4 Å². The Kier molecular flexibility index (Phi) is 4.71. The fraction of sp³-hybridized carbons (Fsp3) is 0.429. The highest BCUT2D eigenvalue weighted by molar-refractivity contribution is 5.88. The number of piperidine rings is 1. The quantitative estimate of drug-likeness (QED) is 0.654. The summed E-state index contributed by atoms with van der Waals surface area (Å²) in [6.45, 7) is 0. The molecule has 2 aliphatic heterocycles. The zero-order valence-corrected chi connectivity index (χ0v) is 17.0. The summed E-state index contributed by atoms with van der Waals surface area (Å²) in [4.78, 5) is 10.2. The lowest BCUT2D eigenvalue weighted by molar-refractivity contribution is -0.0139. The Labute approximate surface area is 177 Å². The average molecular weight is 428 g/mol. The normalized spacial score (nSPS) is 26.8. The van der Waals surface area contributed by atoms with Crippen molar-refractivity contribution in [2.24, 2.45) is 0 Å². The number of fused-ring (bicyclic) bond motifs is 3. The van der Waals surface area contributed by atoms with Crippen LogP contribution in [-0.4, -0.2) is 69.6 Å². The molecule has 31 heavy (non-hydrogen) atoms. The maximum absolute atomic E-state index is 14.2. The molecule has 4 heterocycles. The van der Waals surface area contributed by atoms with Gasteiger partial charge in [-0.1, -0.05) is 0 Å². The van der Waals surface area contributed by atoms with E-state index in [9.17, 15) is 13.9 Å². The van der Waals surface area contributed by atoms with E-state index in [-0.39, 0.29) is 30.5 Å². The number of phenols is 1. The molecule has 5 rings (SSSR count). The summed E-state index contributed by atoms with van der Waals surface area (Å²) in [5.74, 6) is -2.01. The van der Waals surface area contributed by atoms with Crippen molar-refractivity contribution in [1.29, 1.82) is 0 Å². The number of hydrogen-bond donors (Lipinski definition) is 2. The summed E-state index contributed by atoms with van der Waals surface area (Å²) in [6.07, 6.45) is 4.45. The van der Waals surface area contributed by atoms with Gasteiger partial charge in [0.25, 0.3) is 5.92 Å². The summed E-state index contributed by atoms with van der Waals surface area (Å²) >= 11 is 0. The van der Waals surface area contributed by atoms with E-state index in [1.165, 1.54) is 13.3 Å². The predicted molar refractivity (Wildman–Crippen MR) is 110 cm³/mol. The summed E-state index contributed by atoms with van der Waals surface area (Å²) in [5.41, 5.74) is 0.453. The van der Waals surface area contributed by atoms with E-state index < -0.39 is 24.1 Å². The molecule has 2 aromatic heterocycles. The van der Waals surface area contributed by atoms with Gasteiger partial charge in [-0.15, -0.1) is 10.2 Å². The number of methoxy groups -OCH3 is 1. The highest BCUT2D eigenvalue weighted by atomic mass is 19.3. The SMILES string of the molecule is CO[C@H]1C2CC(F)(F)C(C[C@@H]1N(C)c1cnc(-c3cc4ccncc4cc3O)nn1)N2. The topological polar surface area (TPSA) is 96.3 Å². The summed E-state index contributed by atoms with van der Waals surface area (Å²) < 4.78 is 34.0. The number of aromatic nitrogens is 4. The van der Waals surface area contributed by atoms with E-state index in [1.807, 2.05) is 6.07 Å². The molecule has 2 fully saturated rings. The van der Waals surface area contributed by atoms with Crippen LogP contribution in [0.3, 0.4) is 0 Å². The molecule has 4 atom stereocenters. The smallest absolute Gasteiger partial charge is 0.264 e. The number of hydrogen-bond acceptors (Lipinski definition) is 8. The van der Waals surface area contributed by atoms with Crippen molar-refractivity contribution >= 4 is 16.6 Å². The second-order valence-corrected chi connectivity index (χ2v) is 8.14. The fourth-order valence-corrected chi connectivity index (χ4v) is 4.70. The number of pyridine rings is 1. The number of benzene rings is 1. The van der Waals surface area contributed by atoms with Gasteiger partial charge in [-0.2, -0.15) is 0 Å². The summed E-state index contributed by atoms with van der Waals surface area (Å²) in [6, 6.07) is 3.62. The number of anilines is 1. The molecular formula is C21H22F2N6O2. The molecule has 2 N–H and O–H groups in total.